The Morgan fingerprint density at radius 3 is 2.96 bits per heavy atom. The summed E-state index contributed by atoms with van der Waals surface area (Å²) in [4.78, 5) is 22.4. The minimum absolute atomic E-state index is 0.0216. The van der Waals surface area contributed by atoms with Gasteiger partial charge in [0.05, 0.1) is 18.2 Å². The van der Waals surface area contributed by atoms with Crippen LogP contribution in [-0.2, 0) is 11.3 Å². The third-order valence-corrected chi connectivity index (χ3v) is 5.14. The van der Waals surface area contributed by atoms with Gasteiger partial charge in [0.15, 0.2) is 0 Å². The third-order valence-electron chi connectivity index (χ3n) is 5.14. The topological polar surface area (TPSA) is 89.1 Å². The van der Waals surface area contributed by atoms with Crippen LogP contribution in [-0.4, -0.2) is 59.4 Å². The summed E-state index contributed by atoms with van der Waals surface area (Å²) in [6.45, 7) is 2.61. The molecule has 1 N–H and O–H groups in total. The second-order valence-corrected chi connectivity index (χ2v) is 6.70. The Hall–Kier alpha value is -2.22. The summed E-state index contributed by atoms with van der Waals surface area (Å²) in [6.07, 6.45) is 10.1. The first kappa shape index (κ1) is 17.6. The van der Waals surface area contributed by atoms with E-state index in [1.54, 1.807) is 29.2 Å². The molecule has 0 bridgehead atoms. The van der Waals surface area contributed by atoms with Crippen LogP contribution >= 0.6 is 0 Å². The van der Waals surface area contributed by atoms with E-state index in [9.17, 15) is 9.90 Å². The zero-order valence-corrected chi connectivity index (χ0v) is 14.8. The van der Waals surface area contributed by atoms with Gasteiger partial charge in [-0.1, -0.05) is 0 Å². The number of likely N-dealkylation sites (N-methyl/N-ethyl adjacent to an activating group) is 1. The Labute approximate surface area is 147 Å². The molecule has 0 aromatic carbocycles. The summed E-state index contributed by atoms with van der Waals surface area (Å²) in [5.41, 5.74) is 0. The fourth-order valence-corrected chi connectivity index (χ4v) is 3.70. The molecule has 2 heterocycles. The number of carbonyl (C=O) groups excluding carboxylic acids is 1. The van der Waals surface area contributed by atoms with Gasteiger partial charge in [0, 0.05) is 32.4 Å². The van der Waals surface area contributed by atoms with Gasteiger partial charge < -0.3 is 14.6 Å². The average Bonchev–Trinajstić information content (AvgIpc) is 3.26. The first-order valence-electron chi connectivity index (χ1n) is 8.83. The Balaban J connectivity index is 1.57. The number of aliphatic hydroxyl groups is 1. The number of hydrogen-bond donors (Lipinski definition) is 1. The molecular weight excluding hydrogens is 320 g/mol. The molecule has 3 rings (SSSR count). The SMILES string of the molecule is Cc1nccn1[C@@H]1CCC[C@@H](N(C)C(=O)CCCn2cncn2)[C@H]1O. The quantitative estimate of drug-likeness (QED) is 0.848. The number of amides is 1. The molecule has 0 saturated heterocycles. The van der Waals surface area contributed by atoms with Crippen LogP contribution in [0, 0.1) is 6.92 Å². The number of aliphatic hydroxyl groups excluding tert-OH is 1. The number of rotatable bonds is 6. The standard InChI is InChI=1S/C17H26N6O2/c1-13-19-8-10-23(13)15-6-3-5-14(17(15)25)21(2)16(24)7-4-9-22-12-18-11-20-22/h8,10-12,14-15,17,25H,3-7,9H2,1-2H3/t14-,15-,17-/m1/s1. The molecule has 0 radical (unpaired) electrons. The van der Waals surface area contributed by atoms with Crippen LogP contribution in [0.3, 0.4) is 0 Å². The lowest BCUT2D eigenvalue weighted by molar-refractivity contribution is -0.136. The van der Waals surface area contributed by atoms with Gasteiger partial charge in [-0.15, -0.1) is 0 Å². The van der Waals surface area contributed by atoms with Crippen molar-refractivity contribution in [2.24, 2.45) is 0 Å². The highest BCUT2D eigenvalue weighted by Gasteiger charge is 2.37. The largest absolute Gasteiger partial charge is 0.389 e. The second-order valence-electron chi connectivity index (χ2n) is 6.70. The predicted molar refractivity (Wildman–Crippen MR) is 91.7 cm³/mol. The van der Waals surface area contributed by atoms with Gasteiger partial charge in [0.1, 0.15) is 18.5 Å². The number of nitrogens with zero attached hydrogens (tertiary/aromatic N) is 6. The number of hydrogen-bond acceptors (Lipinski definition) is 5. The molecule has 0 unspecified atom stereocenters. The van der Waals surface area contributed by atoms with Crippen molar-refractivity contribution < 1.29 is 9.90 Å². The van der Waals surface area contributed by atoms with Crippen molar-refractivity contribution in [3.63, 3.8) is 0 Å². The van der Waals surface area contributed by atoms with E-state index in [-0.39, 0.29) is 18.0 Å². The van der Waals surface area contributed by atoms with E-state index >= 15 is 0 Å². The van der Waals surface area contributed by atoms with E-state index < -0.39 is 6.10 Å². The Morgan fingerprint density at radius 2 is 2.28 bits per heavy atom. The van der Waals surface area contributed by atoms with Crippen molar-refractivity contribution in [3.05, 3.63) is 30.9 Å². The van der Waals surface area contributed by atoms with Crippen LogP contribution in [0.5, 0.6) is 0 Å². The fraction of sp³-hybridized carbons (Fsp3) is 0.647. The zero-order valence-electron chi connectivity index (χ0n) is 14.8. The van der Waals surface area contributed by atoms with Crippen molar-refractivity contribution in [2.75, 3.05) is 7.05 Å². The van der Waals surface area contributed by atoms with Gasteiger partial charge in [0.25, 0.3) is 0 Å². The highest BCUT2D eigenvalue weighted by Crippen LogP contribution is 2.32. The highest BCUT2D eigenvalue weighted by atomic mass is 16.3. The third kappa shape index (κ3) is 3.89. The number of imidazole rings is 1. The summed E-state index contributed by atoms with van der Waals surface area (Å²) in [5, 5.41) is 14.9. The molecule has 1 amide bonds. The molecule has 1 fully saturated rings. The van der Waals surface area contributed by atoms with E-state index in [1.807, 2.05) is 17.7 Å². The van der Waals surface area contributed by atoms with E-state index in [1.165, 1.54) is 6.33 Å². The first-order chi connectivity index (χ1) is 12.1. The zero-order chi connectivity index (χ0) is 17.8. The monoisotopic (exact) mass is 346 g/mol. The smallest absolute Gasteiger partial charge is 0.222 e. The molecule has 3 atom stereocenters. The molecule has 0 spiro atoms. The van der Waals surface area contributed by atoms with Crippen LogP contribution in [0.15, 0.2) is 25.0 Å². The van der Waals surface area contributed by atoms with Crippen LogP contribution in [0.2, 0.25) is 0 Å². The van der Waals surface area contributed by atoms with Crippen LogP contribution in [0.4, 0.5) is 0 Å². The molecule has 8 heteroatoms. The maximum Gasteiger partial charge on any atom is 0.222 e. The molecule has 2 aromatic heterocycles. The van der Waals surface area contributed by atoms with Gasteiger partial charge in [0.2, 0.25) is 5.91 Å². The Bertz CT molecular complexity index is 683. The molecule has 0 aliphatic heterocycles. The Morgan fingerprint density at radius 1 is 1.44 bits per heavy atom. The minimum Gasteiger partial charge on any atom is -0.389 e. The van der Waals surface area contributed by atoms with Gasteiger partial charge in [-0.3, -0.25) is 9.48 Å². The maximum atomic E-state index is 12.5. The molecule has 1 aliphatic rings. The van der Waals surface area contributed by atoms with Gasteiger partial charge in [-0.05, 0) is 32.6 Å². The molecule has 1 aliphatic carbocycles. The highest BCUT2D eigenvalue weighted by molar-refractivity contribution is 5.76. The normalized spacial score (nSPS) is 23.6. The lowest BCUT2D eigenvalue weighted by Gasteiger charge is -2.40. The summed E-state index contributed by atoms with van der Waals surface area (Å²) in [5.74, 6) is 0.957. The molecule has 8 nitrogen and oxygen atoms in total. The number of carbonyl (C=O) groups is 1. The number of aromatic nitrogens is 5. The van der Waals surface area contributed by atoms with Crippen LogP contribution < -0.4 is 0 Å². The molecular formula is C17H26N6O2. The van der Waals surface area contributed by atoms with E-state index in [4.69, 9.17) is 0 Å². The summed E-state index contributed by atoms with van der Waals surface area (Å²) in [6, 6.07) is -0.175. The Kier molecular flexibility index (Phi) is 5.47. The van der Waals surface area contributed by atoms with Crippen molar-refractivity contribution in [1.29, 1.82) is 0 Å². The maximum absolute atomic E-state index is 12.5. The second kappa shape index (κ2) is 7.77. The van der Waals surface area contributed by atoms with Crippen molar-refractivity contribution in [3.8, 4) is 0 Å². The lowest BCUT2D eigenvalue weighted by atomic mass is 9.86. The van der Waals surface area contributed by atoms with Crippen molar-refractivity contribution in [2.45, 2.75) is 63.8 Å². The molecule has 2 aromatic rings. The summed E-state index contributed by atoms with van der Waals surface area (Å²) < 4.78 is 3.75. The lowest BCUT2D eigenvalue weighted by Crippen LogP contribution is -2.50. The first-order valence-corrected chi connectivity index (χ1v) is 8.83. The summed E-state index contributed by atoms with van der Waals surface area (Å²) >= 11 is 0. The van der Waals surface area contributed by atoms with E-state index in [2.05, 4.69) is 15.1 Å². The van der Waals surface area contributed by atoms with Crippen LogP contribution in [0.25, 0.3) is 0 Å². The van der Waals surface area contributed by atoms with Crippen LogP contribution in [0.1, 0.15) is 44.0 Å². The fourth-order valence-electron chi connectivity index (χ4n) is 3.70. The van der Waals surface area contributed by atoms with E-state index in [0.29, 0.717) is 19.4 Å². The van der Waals surface area contributed by atoms with Gasteiger partial charge in [-0.25, -0.2) is 9.97 Å². The minimum atomic E-state index is -0.578. The van der Waals surface area contributed by atoms with Crippen molar-refractivity contribution in [1.82, 2.24) is 29.2 Å². The predicted octanol–water partition coefficient (Wildman–Crippen LogP) is 1.18. The van der Waals surface area contributed by atoms with Gasteiger partial charge >= 0.3 is 0 Å². The van der Waals surface area contributed by atoms with Crippen molar-refractivity contribution >= 4 is 5.91 Å². The van der Waals surface area contributed by atoms with E-state index in [0.717, 1.165) is 25.1 Å². The molecule has 25 heavy (non-hydrogen) atoms. The van der Waals surface area contributed by atoms with Gasteiger partial charge in [-0.2, -0.15) is 5.10 Å². The number of aryl methyl sites for hydroxylation is 2. The molecule has 1 saturated carbocycles. The molecule has 136 valence electrons. The summed E-state index contributed by atoms with van der Waals surface area (Å²) in [7, 11) is 1.80. The average molecular weight is 346 g/mol.